The van der Waals surface area contributed by atoms with Gasteiger partial charge in [0.05, 0.1) is 6.61 Å². The molecule has 2 N–H and O–H groups in total. The van der Waals surface area contributed by atoms with Gasteiger partial charge >= 0.3 is 0 Å². The highest BCUT2D eigenvalue weighted by molar-refractivity contribution is 5.79. The van der Waals surface area contributed by atoms with Gasteiger partial charge in [-0.05, 0) is 23.6 Å². The van der Waals surface area contributed by atoms with Crippen LogP contribution in [0.25, 0.3) is 0 Å². The topological polar surface area (TPSA) is 55.6 Å². The summed E-state index contributed by atoms with van der Waals surface area (Å²) in [5, 5.41) is 0. The number of amides is 1. The fourth-order valence-electron chi connectivity index (χ4n) is 2.13. The number of carbonyl (C=O) groups excluding carboxylic acids is 1. The summed E-state index contributed by atoms with van der Waals surface area (Å²) >= 11 is 0. The number of carbonyl (C=O) groups is 1. The number of rotatable bonds is 5. The highest BCUT2D eigenvalue weighted by Crippen LogP contribution is 2.17. The summed E-state index contributed by atoms with van der Waals surface area (Å²) in [5.41, 5.74) is 6.89. The van der Waals surface area contributed by atoms with Gasteiger partial charge in [0.2, 0.25) is 5.91 Å². The molecule has 0 bridgehead atoms. The molecule has 1 aliphatic rings. The van der Waals surface area contributed by atoms with Crippen molar-refractivity contribution in [1.29, 1.82) is 0 Å². The average molecular weight is 262 g/mol. The van der Waals surface area contributed by atoms with Crippen LogP contribution in [0.1, 0.15) is 25.8 Å². The van der Waals surface area contributed by atoms with Crippen molar-refractivity contribution in [2.45, 2.75) is 32.9 Å². The second kappa shape index (κ2) is 6.06. The molecule has 0 aromatic heterocycles. The van der Waals surface area contributed by atoms with E-state index in [1.807, 2.05) is 29.2 Å². The lowest BCUT2D eigenvalue weighted by Gasteiger charge is -2.16. The van der Waals surface area contributed by atoms with Crippen molar-refractivity contribution < 1.29 is 9.53 Å². The molecule has 4 nitrogen and oxygen atoms in total. The van der Waals surface area contributed by atoms with Gasteiger partial charge in [-0.15, -0.1) is 0 Å². The Morgan fingerprint density at radius 3 is 2.58 bits per heavy atom. The number of nitrogens with zero attached hydrogens (tertiary/aromatic N) is 1. The zero-order valence-corrected chi connectivity index (χ0v) is 11.6. The predicted molar refractivity (Wildman–Crippen MR) is 74.8 cm³/mol. The monoisotopic (exact) mass is 262 g/mol. The van der Waals surface area contributed by atoms with E-state index in [4.69, 9.17) is 10.5 Å². The fraction of sp³-hybridized carbons (Fsp3) is 0.533. The van der Waals surface area contributed by atoms with E-state index in [0.29, 0.717) is 25.4 Å². The summed E-state index contributed by atoms with van der Waals surface area (Å²) in [5.74, 6) is 1.54. The molecule has 2 rings (SSSR count). The van der Waals surface area contributed by atoms with Gasteiger partial charge in [0.15, 0.2) is 0 Å². The van der Waals surface area contributed by atoms with Gasteiger partial charge in [-0.1, -0.05) is 26.0 Å². The van der Waals surface area contributed by atoms with E-state index in [1.54, 1.807) is 0 Å². The zero-order chi connectivity index (χ0) is 13.8. The summed E-state index contributed by atoms with van der Waals surface area (Å²) in [7, 11) is 0. The van der Waals surface area contributed by atoms with Crippen LogP contribution in [0, 0.1) is 5.92 Å². The Balaban J connectivity index is 1.90. The Labute approximate surface area is 114 Å². The van der Waals surface area contributed by atoms with Crippen molar-refractivity contribution in [2.24, 2.45) is 11.7 Å². The van der Waals surface area contributed by atoms with Crippen LogP contribution < -0.4 is 10.5 Å². The van der Waals surface area contributed by atoms with Crippen molar-refractivity contribution in [3.63, 3.8) is 0 Å². The molecule has 1 heterocycles. The van der Waals surface area contributed by atoms with Crippen LogP contribution >= 0.6 is 0 Å². The van der Waals surface area contributed by atoms with Gasteiger partial charge in [-0.25, -0.2) is 0 Å². The fourth-order valence-corrected chi connectivity index (χ4v) is 2.13. The molecule has 1 fully saturated rings. The highest BCUT2D eigenvalue weighted by atomic mass is 16.5. The van der Waals surface area contributed by atoms with E-state index in [0.717, 1.165) is 17.9 Å². The SMILES string of the molecule is CC(C)COc1ccc(CN2CC(N)CC2=O)cc1. The standard InChI is InChI=1S/C15H22N2O2/c1-11(2)10-19-14-5-3-12(4-6-14)8-17-9-13(16)7-15(17)18/h3-6,11,13H,7-10,16H2,1-2H3. The van der Waals surface area contributed by atoms with Crippen molar-refractivity contribution in [3.8, 4) is 5.75 Å². The maximum atomic E-state index is 11.7. The van der Waals surface area contributed by atoms with Crippen molar-refractivity contribution in [1.82, 2.24) is 4.90 Å². The Morgan fingerprint density at radius 1 is 1.37 bits per heavy atom. The number of likely N-dealkylation sites (tertiary alicyclic amines) is 1. The largest absolute Gasteiger partial charge is 0.493 e. The number of nitrogens with two attached hydrogens (primary N) is 1. The highest BCUT2D eigenvalue weighted by Gasteiger charge is 2.26. The van der Waals surface area contributed by atoms with E-state index in [-0.39, 0.29) is 11.9 Å². The summed E-state index contributed by atoms with van der Waals surface area (Å²) in [6.07, 6.45) is 0.468. The van der Waals surface area contributed by atoms with Crippen molar-refractivity contribution >= 4 is 5.91 Å². The Kier molecular flexibility index (Phi) is 4.43. The molecule has 1 saturated heterocycles. The van der Waals surface area contributed by atoms with Gasteiger partial charge in [0.1, 0.15) is 5.75 Å². The van der Waals surface area contributed by atoms with Gasteiger partial charge in [0, 0.05) is 25.6 Å². The molecule has 4 heteroatoms. The van der Waals surface area contributed by atoms with E-state index >= 15 is 0 Å². The first kappa shape index (κ1) is 13.9. The second-order valence-corrected chi connectivity index (χ2v) is 5.59. The van der Waals surface area contributed by atoms with Crippen LogP contribution in [-0.2, 0) is 11.3 Å². The normalized spacial score (nSPS) is 19.3. The molecule has 1 amide bonds. The first-order chi connectivity index (χ1) is 9.04. The Bertz CT molecular complexity index is 428. The van der Waals surface area contributed by atoms with E-state index in [1.165, 1.54) is 0 Å². The summed E-state index contributed by atoms with van der Waals surface area (Å²) in [6.45, 7) is 6.26. The number of benzene rings is 1. The summed E-state index contributed by atoms with van der Waals surface area (Å²) in [4.78, 5) is 13.5. The molecule has 0 radical (unpaired) electrons. The Morgan fingerprint density at radius 2 is 2.05 bits per heavy atom. The molecular weight excluding hydrogens is 240 g/mol. The molecule has 1 atom stereocenters. The molecule has 0 spiro atoms. The number of hydrogen-bond donors (Lipinski definition) is 1. The van der Waals surface area contributed by atoms with E-state index in [2.05, 4.69) is 13.8 Å². The van der Waals surface area contributed by atoms with E-state index < -0.39 is 0 Å². The molecule has 104 valence electrons. The molecule has 19 heavy (non-hydrogen) atoms. The molecule has 1 unspecified atom stereocenters. The quantitative estimate of drug-likeness (QED) is 0.880. The minimum atomic E-state index is -0.0128. The van der Waals surface area contributed by atoms with Gasteiger partial charge < -0.3 is 15.4 Å². The molecule has 1 aliphatic heterocycles. The number of hydrogen-bond acceptors (Lipinski definition) is 3. The van der Waals surface area contributed by atoms with E-state index in [9.17, 15) is 4.79 Å². The minimum Gasteiger partial charge on any atom is -0.493 e. The lowest BCUT2D eigenvalue weighted by molar-refractivity contribution is -0.128. The van der Waals surface area contributed by atoms with Crippen molar-refractivity contribution in [3.05, 3.63) is 29.8 Å². The smallest absolute Gasteiger partial charge is 0.224 e. The van der Waals surface area contributed by atoms with Crippen LogP contribution in [0.2, 0.25) is 0 Å². The zero-order valence-electron chi connectivity index (χ0n) is 11.6. The second-order valence-electron chi connectivity index (χ2n) is 5.59. The van der Waals surface area contributed by atoms with Gasteiger partial charge in [0.25, 0.3) is 0 Å². The molecule has 1 aromatic rings. The predicted octanol–water partition coefficient (Wildman–Crippen LogP) is 1.78. The van der Waals surface area contributed by atoms with Crippen LogP contribution in [-0.4, -0.2) is 30.0 Å². The molecule has 0 aliphatic carbocycles. The third-order valence-electron chi connectivity index (χ3n) is 3.12. The lowest BCUT2D eigenvalue weighted by atomic mass is 10.2. The lowest BCUT2D eigenvalue weighted by Crippen LogP contribution is -2.27. The molecule has 0 saturated carbocycles. The minimum absolute atomic E-state index is 0.0128. The number of ether oxygens (including phenoxy) is 1. The molecular formula is C15H22N2O2. The Hall–Kier alpha value is -1.55. The van der Waals surface area contributed by atoms with Crippen molar-refractivity contribution in [2.75, 3.05) is 13.2 Å². The third-order valence-corrected chi connectivity index (χ3v) is 3.12. The van der Waals surface area contributed by atoms with Gasteiger partial charge in [-0.2, -0.15) is 0 Å². The maximum absolute atomic E-state index is 11.7. The summed E-state index contributed by atoms with van der Waals surface area (Å²) < 4.78 is 5.63. The maximum Gasteiger partial charge on any atom is 0.224 e. The average Bonchev–Trinajstić information content (AvgIpc) is 2.67. The first-order valence-corrected chi connectivity index (χ1v) is 6.79. The summed E-state index contributed by atoms with van der Waals surface area (Å²) in [6, 6.07) is 7.91. The first-order valence-electron chi connectivity index (χ1n) is 6.79. The third kappa shape index (κ3) is 3.96. The van der Waals surface area contributed by atoms with Crippen LogP contribution in [0.4, 0.5) is 0 Å². The van der Waals surface area contributed by atoms with Crippen LogP contribution in [0.15, 0.2) is 24.3 Å². The van der Waals surface area contributed by atoms with Crippen LogP contribution in [0.5, 0.6) is 5.75 Å². The molecule has 1 aromatic carbocycles. The van der Waals surface area contributed by atoms with Crippen LogP contribution in [0.3, 0.4) is 0 Å². The van der Waals surface area contributed by atoms with Gasteiger partial charge in [-0.3, -0.25) is 4.79 Å².